The number of carbonyl (C=O) groups excluding carboxylic acids is 2. The average molecular weight is 296 g/mol. The van der Waals surface area contributed by atoms with Crippen LogP contribution in [0.2, 0.25) is 0 Å². The Labute approximate surface area is 128 Å². The van der Waals surface area contributed by atoms with Crippen LogP contribution in [-0.2, 0) is 9.59 Å². The van der Waals surface area contributed by atoms with Crippen molar-refractivity contribution in [2.24, 2.45) is 0 Å². The van der Waals surface area contributed by atoms with Gasteiger partial charge in [-0.05, 0) is 23.8 Å². The molecule has 5 nitrogen and oxygen atoms in total. The number of amides is 2. The summed E-state index contributed by atoms with van der Waals surface area (Å²) in [6.45, 7) is 1.33. The molecular formula is C17H16N2O3. The van der Waals surface area contributed by atoms with Crippen molar-refractivity contribution in [2.75, 3.05) is 5.32 Å². The molecule has 0 fully saturated rings. The molecule has 0 radical (unpaired) electrons. The van der Waals surface area contributed by atoms with Crippen LogP contribution in [0.5, 0.6) is 5.75 Å². The maximum absolute atomic E-state index is 12.3. The first-order valence-electron chi connectivity index (χ1n) is 6.70. The molecule has 0 aliphatic rings. The highest BCUT2D eigenvalue weighted by molar-refractivity contribution is 6.09. The Kier molecular flexibility index (Phi) is 4.93. The van der Waals surface area contributed by atoms with E-state index in [1.54, 1.807) is 24.3 Å². The molecule has 0 saturated heterocycles. The van der Waals surface area contributed by atoms with Gasteiger partial charge < -0.3 is 15.7 Å². The van der Waals surface area contributed by atoms with Crippen molar-refractivity contribution in [2.45, 2.75) is 6.92 Å². The van der Waals surface area contributed by atoms with Gasteiger partial charge in [0.25, 0.3) is 5.91 Å². The van der Waals surface area contributed by atoms with Crippen LogP contribution in [0.1, 0.15) is 12.5 Å². The largest absolute Gasteiger partial charge is 0.506 e. The fourth-order valence-corrected chi connectivity index (χ4v) is 1.83. The van der Waals surface area contributed by atoms with E-state index in [2.05, 4.69) is 10.6 Å². The molecule has 2 rings (SSSR count). The standard InChI is InChI=1S/C17H16N2O3/c1-12(20)18-15(11-13-7-3-2-4-8-13)17(22)19-14-9-5-6-10-16(14)21/h2-11,21H,1H3,(H,18,20)(H,19,22)/b15-11-. The predicted octanol–water partition coefficient (Wildman–Crippen LogP) is 2.51. The van der Waals surface area contributed by atoms with Crippen LogP contribution < -0.4 is 10.6 Å². The number of para-hydroxylation sites is 2. The third kappa shape index (κ3) is 4.21. The summed E-state index contributed by atoms with van der Waals surface area (Å²) in [6, 6.07) is 15.5. The zero-order chi connectivity index (χ0) is 15.9. The number of anilines is 1. The van der Waals surface area contributed by atoms with Gasteiger partial charge in [0.05, 0.1) is 5.69 Å². The van der Waals surface area contributed by atoms with Gasteiger partial charge in [0.15, 0.2) is 0 Å². The molecule has 3 N–H and O–H groups in total. The van der Waals surface area contributed by atoms with Crippen molar-refractivity contribution in [1.29, 1.82) is 0 Å². The topological polar surface area (TPSA) is 78.4 Å². The molecule has 0 spiro atoms. The normalized spacial score (nSPS) is 10.9. The van der Waals surface area contributed by atoms with Crippen molar-refractivity contribution in [1.82, 2.24) is 5.32 Å². The highest BCUT2D eigenvalue weighted by atomic mass is 16.3. The number of aromatic hydroxyl groups is 1. The molecule has 0 aliphatic carbocycles. The summed E-state index contributed by atoms with van der Waals surface area (Å²) in [5.41, 5.74) is 1.15. The van der Waals surface area contributed by atoms with E-state index in [-0.39, 0.29) is 23.0 Å². The summed E-state index contributed by atoms with van der Waals surface area (Å²) in [7, 11) is 0. The predicted molar refractivity (Wildman–Crippen MR) is 85.0 cm³/mol. The minimum Gasteiger partial charge on any atom is -0.506 e. The first kappa shape index (κ1) is 15.3. The molecule has 0 atom stereocenters. The van der Waals surface area contributed by atoms with Gasteiger partial charge in [-0.1, -0.05) is 42.5 Å². The smallest absolute Gasteiger partial charge is 0.272 e. The lowest BCUT2D eigenvalue weighted by Crippen LogP contribution is -2.28. The summed E-state index contributed by atoms with van der Waals surface area (Å²) in [5.74, 6) is -0.909. The van der Waals surface area contributed by atoms with Gasteiger partial charge in [-0.3, -0.25) is 9.59 Å². The Morgan fingerprint density at radius 2 is 1.64 bits per heavy atom. The molecule has 0 bridgehead atoms. The maximum atomic E-state index is 12.3. The van der Waals surface area contributed by atoms with Crippen molar-refractivity contribution in [3.63, 3.8) is 0 Å². The first-order valence-corrected chi connectivity index (χ1v) is 6.70. The van der Waals surface area contributed by atoms with E-state index in [4.69, 9.17) is 0 Å². The maximum Gasteiger partial charge on any atom is 0.272 e. The average Bonchev–Trinajstić information content (AvgIpc) is 2.49. The third-order valence-corrected chi connectivity index (χ3v) is 2.82. The zero-order valence-corrected chi connectivity index (χ0v) is 12.0. The Bertz CT molecular complexity index is 709. The van der Waals surface area contributed by atoms with Crippen LogP contribution in [0.3, 0.4) is 0 Å². The summed E-state index contributed by atoms with van der Waals surface area (Å²) < 4.78 is 0. The first-order chi connectivity index (χ1) is 10.6. The van der Waals surface area contributed by atoms with E-state index in [1.165, 1.54) is 13.0 Å². The minimum absolute atomic E-state index is 0.0438. The molecule has 22 heavy (non-hydrogen) atoms. The third-order valence-electron chi connectivity index (χ3n) is 2.82. The van der Waals surface area contributed by atoms with E-state index < -0.39 is 5.91 Å². The Morgan fingerprint density at radius 3 is 2.27 bits per heavy atom. The quantitative estimate of drug-likeness (QED) is 0.599. The molecule has 0 aliphatic heterocycles. The Morgan fingerprint density at radius 1 is 1.00 bits per heavy atom. The minimum atomic E-state index is -0.513. The fraction of sp³-hybridized carbons (Fsp3) is 0.0588. The van der Waals surface area contributed by atoms with Gasteiger partial charge in [0, 0.05) is 6.92 Å². The van der Waals surface area contributed by atoms with E-state index in [0.717, 1.165) is 5.56 Å². The number of phenolic OH excluding ortho intramolecular Hbond substituents is 1. The Balaban J connectivity index is 2.26. The fourth-order valence-electron chi connectivity index (χ4n) is 1.83. The van der Waals surface area contributed by atoms with E-state index >= 15 is 0 Å². The molecular weight excluding hydrogens is 280 g/mol. The molecule has 0 aromatic heterocycles. The highest BCUT2D eigenvalue weighted by Crippen LogP contribution is 2.22. The number of rotatable bonds is 4. The number of hydrogen-bond acceptors (Lipinski definition) is 3. The van der Waals surface area contributed by atoms with Crippen LogP contribution in [0.25, 0.3) is 6.08 Å². The van der Waals surface area contributed by atoms with E-state index in [9.17, 15) is 14.7 Å². The van der Waals surface area contributed by atoms with Crippen LogP contribution >= 0.6 is 0 Å². The van der Waals surface area contributed by atoms with E-state index in [0.29, 0.717) is 0 Å². The second kappa shape index (κ2) is 7.08. The lowest BCUT2D eigenvalue weighted by molar-refractivity contribution is -0.120. The van der Waals surface area contributed by atoms with Crippen LogP contribution in [-0.4, -0.2) is 16.9 Å². The molecule has 2 aromatic rings. The molecule has 5 heteroatoms. The molecule has 0 saturated carbocycles. The van der Waals surface area contributed by atoms with Crippen molar-refractivity contribution < 1.29 is 14.7 Å². The van der Waals surface area contributed by atoms with Gasteiger partial charge in [0.2, 0.25) is 5.91 Å². The second-order valence-corrected chi connectivity index (χ2v) is 4.62. The van der Waals surface area contributed by atoms with Gasteiger partial charge in [0.1, 0.15) is 11.4 Å². The number of nitrogens with one attached hydrogen (secondary N) is 2. The molecule has 2 aromatic carbocycles. The monoisotopic (exact) mass is 296 g/mol. The Hall–Kier alpha value is -3.08. The molecule has 112 valence electrons. The molecule has 0 unspecified atom stereocenters. The lowest BCUT2D eigenvalue weighted by atomic mass is 10.2. The molecule has 0 heterocycles. The van der Waals surface area contributed by atoms with Gasteiger partial charge in [-0.2, -0.15) is 0 Å². The summed E-state index contributed by atoms with van der Waals surface area (Å²) in [6.07, 6.45) is 1.57. The van der Waals surface area contributed by atoms with Gasteiger partial charge >= 0.3 is 0 Å². The lowest BCUT2D eigenvalue weighted by Gasteiger charge is -2.10. The van der Waals surface area contributed by atoms with Crippen LogP contribution in [0.4, 0.5) is 5.69 Å². The van der Waals surface area contributed by atoms with Crippen LogP contribution in [0, 0.1) is 0 Å². The number of phenols is 1. The van der Waals surface area contributed by atoms with Gasteiger partial charge in [-0.25, -0.2) is 0 Å². The second-order valence-electron chi connectivity index (χ2n) is 4.62. The molecule has 2 amide bonds. The number of hydrogen-bond donors (Lipinski definition) is 3. The van der Waals surface area contributed by atoms with E-state index in [1.807, 2.05) is 30.3 Å². The summed E-state index contributed by atoms with van der Waals surface area (Å²) >= 11 is 0. The van der Waals surface area contributed by atoms with Crippen LogP contribution in [0.15, 0.2) is 60.3 Å². The number of carbonyl (C=O) groups is 2. The van der Waals surface area contributed by atoms with Crippen molar-refractivity contribution in [3.8, 4) is 5.75 Å². The van der Waals surface area contributed by atoms with Crippen molar-refractivity contribution >= 4 is 23.6 Å². The SMILES string of the molecule is CC(=O)N/C(=C\c1ccccc1)C(=O)Nc1ccccc1O. The zero-order valence-electron chi connectivity index (χ0n) is 12.0. The highest BCUT2D eigenvalue weighted by Gasteiger charge is 2.13. The van der Waals surface area contributed by atoms with Gasteiger partial charge in [-0.15, -0.1) is 0 Å². The summed E-state index contributed by atoms with van der Waals surface area (Å²) in [5, 5.41) is 14.8. The number of benzene rings is 2. The van der Waals surface area contributed by atoms with Crippen molar-refractivity contribution in [3.05, 3.63) is 65.9 Å². The summed E-state index contributed by atoms with van der Waals surface area (Å²) in [4.78, 5) is 23.6.